The van der Waals surface area contributed by atoms with Gasteiger partial charge in [-0.2, -0.15) is 0 Å². The summed E-state index contributed by atoms with van der Waals surface area (Å²) in [5, 5.41) is 31.9. The summed E-state index contributed by atoms with van der Waals surface area (Å²) in [6.45, 7) is 0. The number of carbonyl (C=O) groups excluding carboxylic acids is 1. The Bertz CT molecular complexity index is 2350. The Balaban J connectivity index is 0.000000209. The van der Waals surface area contributed by atoms with E-state index in [0.29, 0.717) is 14.5 Å². The fraction of sp³-hybridized carbons (Fsp3) is 0.0556. The highest BCUT2D eigenvalue weighted by Gasteiger charge is 2.24. The van der Waals surface area contributed by atoms with Gasteiger partial charge in [0.05, 0.1) is 37.7 Å². The second-order valence-electron chi connectivity index (χ2n) is 10.6. The number of nitrogens with two attached hydrogens (primary N) is 1. The van der Waals surface area contributed by atoms with E-state index in [2.05, 4.69) is 15.0 Å². The van der Waals surface area contributed by atoms with Crippen molar-refractivity contribution in [3.63, 3.8) is 0 Å². The lowest BCUT2D eigenvalue weighted by Gasteiger charge is -2.10. The number of ether oxygens (including phenoxy) is 1. The monoisotopic (exact) mass is 942 g/mol. The van der Waals surface area contributed by atoms with Crippen LogP contribution in [0.1, 0.15) is 33.4 Å². The number of halogens is 7. The predicted molar refractivity (Wildman–Crippen MR) is 211 cm³/mol. The molecular weight excluding hydrogens is 919 g/mol. The van der Waals surface area contributed by atoms with E-state index in [0.717, 1.165) is 18.2 Å². The van der Waals surface area contributed by atoms with Gasteiger partial charge in [0.25, 0.3) is 5.69 Å². The second kappa shape index (κ2) is 21.6. The number of nitro groups is 2. The fourth-order valence-electron chi connectivity index (χ4n) is 4.18. The maximum absolute atomic E-state index is 13.1. The van der Waals surface area contributed by atoms with Crippen LogP contribution in [0.3, 0.4) is 0 Å². The van der Waals surface area contributed by atoms with Crippen LogP contribution in [-0.2, 0) is 0 Å². The van der Waals surface area contributed by atoms with E-state index in [-0.39, 0.29) is 49.8 Å². The Kier molecular flexibility index (Phi) is 17.3. The molecule has 0 spiro atoms. The van der Waals surface area contributed by atoms with Crippen LogP contribution in [0.4, 0.5) is 30.2 Å². The van der Waals surface area contributed by atoms with Crippen molar-refractivity contribution in [2.24, 2.45) is 0 Å². The maximum Gasteiger partial charge on any atom is 0.302 e. The number of methoxy groups -OCH3 is 1. The third kappa shape index (κ3) is 13.7. The number of aliphatic hydroxyl groups excluding tert-OH is 1. The number of pyridine rings is 3. The highest BCUT2D eigenvalue weighted by atomic mass is 127. The van der Waals surface area contributed by atoms with Crippen molar-refractivity contribution in [1.82, 2.24) is 15.0 Å². The van der Waals surface area contributed by atoms with Gasteiger partial charge in [0, 0.05) is 42.4 Å². The summed E-state index contributed by atoms with van der Waals surface area (Å²) >= 11 is 18.6. The number of carbonyl (C=O) groups is 1. The smallest absolute Gasteiger partial charge is 0.302 e. The van der Waals surface area contributed by atoms with Gasteiger partial charge in [0.15, 0.2) is 9.39 Å². The highest BCUT2D eigenvalue weighted by molar-refractivity contribution is 14.1. The lowest BCUT2D eigenvalue weighted by molar-refractivity contribution is -0.386. The first-order chi connectivity index (χ1) is 26.5. The molecule has 0 aliphatic carbocycles. The number of benzene rings is 3. The molecule has 1 unspecified atom stereocenters. The van der Waals surface area contributed by atoms with Crippen molar-refractivity contribution in [2.45, 2.75) is 6.10 Å². The molecule has 6 aromatic rings. The van der Waals surface area contributed by atoms with E-state index < -0.39 is 39.1 Å². The quantitative estimate of drug-likeness (QED) is 0.0508. The van der Waals surface area contributed by atoms with E-state index in [1.165, 1.54) is 86.4 Å². The Morgan fingerprint density at radius 3 is 1.80 bits per heavy atom. The zero-order chi connectivity index (χ0) is 41.5. The van der Waals surface area contributed by atoms with Gasteiger partial charge in [0.2, 0.25) is 5.78 Å². The van der Waals surface area contributed by atoms with Crippen molar-refractivity contribution in [3.05, 3.63) is 189 Å². The molecule has 3 aromatic heterocycles. The van der Waals surface area contributed by atoms with Crippen molar-refractivity contribution in [1.29, 1.82) is 0 Å². The first kappa shape index (κ1) is 44.9. The van der Waals surface area contributed by atoms with E-state index in [1.54, 1.807) is 34.7 Å². The Morgan fingerprint density at radius 2 is 1.29 bits per heavy atom. The molecule has 290 valence electrons. The summed E-state index contributed by atoms with van der Waals surface area (Å²) in [7, 11) is 1.51. The molecule has 0 amide bonds. The van der Waals surface area contributed by atoms with Gasteiger partial charge in [-0.3, -0.25) is 25.0 Å². The average molecular weight is 944 g/mol. The minimum Gasteiger partial charge on any atom is -0.497 e. The third-order valence-corrected chi connectivity index (χ3v) is 8.14. The minimum absolute atomic E-state index is 0.0573. The van der Waals surface area contributed by atoms with Gasteiger partial charge in [-0.15, -0.1) is 0 Å². The van der Waals surface area contributed by atoms with Gasteiger partial charge in [-0.05, 0) is 70.6 Å². The summed E-state index contributed by atoms with van der Waals surface area (Å²) in [5.74, 6) is -1.18. The molecule has 20 heteroatoms. The SMILES string of the molecule is COc1cccc(F)c1.Nc1cc(Cl)cnc1C(=O)c1cccc(F)c1.O=[N+]([O-])c1cc(Cl)cnc1C(O)c1cccc(F)c1.O=[N+]([O-])c1cc(Cl)cnc1I. The topological polar surface area (TPSA) is 198 Å². The first-order valence-corrected chi connectivity index (χ1v) is 17.4. The van der Waals surface area contributed by atoms with Gasteiger partial charge in [-0.1, -0.05) is 65.1 Å². The average Bonchev–Trinajstić information content (AvgIpc) is 3.16. The molecule has 0 aliphatic heterocycles. The van der Waals surface area contributed by atoms with Gasteiger partial charge < -0.3 is 15.6 Å². The maximum atomic E-state index is 13.1. The molecule has 0 fully saturated rings. The number of nitrogen functional groups attached to an aromatic ring is 1. The molecule has 0 saturated carbocycles. The normalized spacial score (nSPS) is 10.6. The molecular formula is C36H25Cl3F3IN6O7. The third-order valence-electron chi connectivity index (χ3n) is 6.69. The molecule has 1 atom stereocenters. The zero-order valence-corrected chi connectivity index (χ0v) is 32.8. The van der Waals surface area contributed by atoms with Gasteiger partial charge in [0.1, 0.15) is 35.0 Å². The van der Waals surface area contributed by atoms with Crippen molar-refractivity contribution < 1.29 is 37.7 Å². The predicted octanol–water partition coefficient (Wildman–Crippen LogP) is 9.63. The molecule has 13 nitrogen and oxygen atoms in total. The molecule has 0 radical (unpaired) electrons. The van der Waals surface area contributed by atoms with Crippen LogP contribution in [-0.4, -0.2) is 42.8 Å². The number of nitrogens with zero attached hydrogens (tertiary/aromatic N) is 5. The summed E-state index contributed by atoms with van der Waals surface area (Å²) in [4.78, 5) is 43.3. The van der Waals surface area contributed by atoms with Crippen LogP contribution in [0.15, 0.2) is 110 Å². The number of ketones is 1. The molecule has 0 aliphatic rings. The van der Waals surface area contributed by atoms with Gasteiger partial charge >= 0.3 is 5.69 Å². The Morgan fingerprint density at radius 1 is 0.768 bits per heavy atom. The van der Waals surface area contributed by atoms with Crippen molar-refractivity contribution in [3.8, 4) is 5.75 Å². The molecule has 6 rings (SSSR count). The summed E-state index contributed by atoms with van der Waals surface area (Å²) < 4.78 is 43.4. The fourth-order valence-corrected chi connectivity index (χ4v) is 5.14. The summed E-state index contributed by atoms with van der Waals surface area (Å²) in [6.07, 6.45) is 2.49. The zero-order valence-electron chi connectivity index (χ0n) is 28.3. The van der Waals surface area contributed by atoms with Crippen molar-refractivity contribution in [2.75, 3.05) is 12.8 Å². The van der Waals surface area contributed by atoms with Crippen LogP contribution in [0.5, 0.6) is 5.75 Å². The molecule has 3 heterocycles. The van der Waals surface area contributed by atoms with Crippen LogP contribution in [0.2, 0.25) is 15.1 Å². The number of rotatable bonds is 7. The van der Waals surface area contributed by atoms with Crippen LogP contribution < -0.4 is 10.5 Å². The molecule has 56 heavy (non-hydrogen) atoms. The van der Waals surface area contributed by atoms with Crippen LogP contribution in [0, 0.1) is 41.4 Å². The van der Waals surface area contributed by atoms with Crippen molar-refractivity contribution >= 4 is 80.2 Å². The van der Waals surface area contributed by atoms with Gasteiger partial charge in [-0.25, -0.2) is 28.1 Å². The number of hydrogen-bond donors (Lipinski definition) is 2. The number of aliphatic hydroxyl groups is 1. The highest BCUT2D eigenvalue weighted by Crippen LogP contribution is 2.30. The minimum atomic E-state index is -1.40. The summed E-state index contributed by atoms with van der Waals surface area (Å²) in [6, 6.07) is 20.3. The molecule has 0 bridgehead atoms. The molecule has 3 aromatic carbocycles. The largest absolute Gasteiger partial charge is 0.497 e. The number of anilines is 1. The Hall–Kier alpha value is -5.47. The lowest BCUT2D eigenvalue weighted by atomic mass is 10.0. The van der Waals surface area contributed by atoms with E-state index >= 15 is 0 Å². The van der Waals surface area contributed by atoms with E-state index in [1.807, 2.05) is 0 Å². The molecule has 0 saturated heterocycles. The lowest BCUT2D eigenvalue weighted by Crippen LogP contribution is -2.08. The van der Waals surface area contributed by atoms with Crippen LogP contribution in [0.25, 0.3) is 0 Å². The number of hydrogen-bond acceptors (Lipinski definition) is 11. The van der Waals surface area contributed by atoms with Crippen LogP contribution >= 0.6 is 57.4 Å². The van der Waals surface area contributed by atoms with E-state index in [4.69, 9.17) is 45.3 Å². The standard InChI is InChI=1S/C12H8ClFN2O3.C12H8ClFN2O.C7H7FO.C5H2ClIN2O2/c13-8-5-10(16(18)19)11(15-6-8)12(17)7-2-1-3-9(14)4-7;13-8-5-10(15)11(16-6-8)12(17)7-2-1-3-9(14)4-7;1-9-7-4-2-3-6(8)5-7;6-3-1-4(9(10)11)5(7)8-2-3/h1-6,12,17H;1-6H,15H2;2-5H,1H3;1-2H. The first-order valence-electron chi connectivity index (χ1n) is 15.2. The number of aromatic nitrogens is 3. The molecule has 3 N–H and O–H groups in total. The Labute approximate surface area is 344 Å². The second-order valence-corrected chi connectivity index (χ2v) is 12.9. The van der Waals surface area contributed by atoms with E-state index in [9.17, 15) is 43.3 Å². The summed E-state index contributed by atoms with van der Waals surface area (Å²) in [5.41, 5.74) is 5.61.